The average molecular weight is 226 g/mol. The minimum absolute atomic E-state index is 0.00264. The summed E-state index contributed by atoms with van der Waals surface area (Å²) < 4.78 is 4.51. The molecule has 2 N–H and O–H groups in total. The molecule has 0 saturated carbocycles. The Morgan fingerprint density at radius 2 is 2.31 bits per heavy atom. The van der Waals surface area contributed by atoms with Crippen LogP contribution >= 0.6 is 0 Å². The van der Waals surface area contributed by atoms with Crippen molar-refractivity contribution in [2.45, 2.75) is 18.6 Å². The minimum atomic E-state index is -1.13. The zero-order chi connectivity index (χ0) is 11.7. The highest BCUT2D eigenvalue weighted by atomic mass is 16.5. The molecule has 2 atom stereocenters. The third-order valence-electron chi connectivity index (χ3n) is 2.48. The summed E-state index contributed by atoms with van der Waals surface area (Å²) in [4.78, 5) is 23.8. The van der Waals surface area contributed by atoms with Crippen molar-refractivity contribution in [3.63, 3.8) is 0 Å². The van der Waals surface area contributed by atoms with Gasteiger partial charge in [-0.3, -0.25) is 4.79 Å². The Bertz CT molecular complexity index is 402. The average Bonchev–Trinajstić information content (AvgIpc) is 2.84. The smallest absolute Gasteiger partial charge is 0.326 e. The number of likely N-dealkylation sites (tertiary alicyclic amines) is 1. The van der Waals surface area contributed by atoms with Gasteiger partial charge in [-0.15, -0.1) is 0 Å². The van der Waals surface area contributed by atoms with Gasteiger partial charge in [-0.2, -0.15) is 0 Å². The number of nitrogens with zero attached hydrogens (tertiary/aromatic N) is 2. The van der Waals surface area contributed by atoms with Gasteiger partial charge < -0.3 is 19.6 Å². The van der Waals surface area contributed by atoms with E-state index in [-0.39, 0.29) is 18.7 Å². The van der Waals surface area contributed by atoms with Crippen LogP contribution in [0.4, 0.5) is 0 Å². The van der Waals surface area contributed by atoms with Crippen LogP contribution in [-0.2, 0) is 4.79 Å². The molecule has 7 heteroatoms. The van der Waals surface area contributed by atoms with Crippen molar-refractivity contribution in [3.05, 3.63) is 18.0 Å². The summed E-state index contributed by atoms with van der Waals surface area (Å²) >= 11 is 0. The molecule has 86 valence electrons. The highest BCUT2D eigenvalue weighted by molar-refractivity contribution is 5.95. The molecule has 1 fully saturated rings. The van der Waals surface area contributed by atoms with Crippen molar-refractivity contribution in [2.75, 3.05) is 6.54 Å². The number of aliphatic hydroxyl groups is 1. The number of rotatable bonds is 2. The second kappa shape index (κ2) is 3.93. The van der Waals surface area contributed by atoms with Crippen LogP contribution in [0.2, 0.25) is 0 Å². The monoisotopic (exact) mass is 226 g/mol. The Morgan fingerprint density at radius 3 is 2.88 bits per heavy atom. The molecule has 1 saturated heterocycles. The van der Waals surface area contributed by atoms with Crippen LogP contribution in [0, 0.1) is 0 Å². The van der Waals surface area contributed by atoms with Crippen molar-refractivity contribution >= 4 is 11.9 Å². The molecule has 1 aliphatic rings. The van der Waals surface area contributed by atoms with Gasteiger partial charge in [0.15, 0.2) is 5.69 Å². The van der Waals surface area contributed by atoms with Crippen LogP contribution < -0.4 is 0 Å². The van der Waals surface area contributed by atoms with E-state index in [1.54, 1.807) is 0 Å². The molecule has 7 nitrogen and oxygen atoms in total. The van der Waals surface area contributed by atoms with Gasteiger partial charge in [0.1, 0.15) is 12.3 Å². The fourth-order valence-corrected chi connectivity index (χ4v) is 1.74. The second-order valence-electron chi connectivity index (χ2n) is 3.59. The first-order valence-electron chi connectivity index (χ1n) is 4.72. The van der Waals surface area contributed by atoms with Crippen molar-refractivity contribution in [2.24, 2.45) is 0 Å². The number of aromatic nitrogens is 1. The van der Waals surface area contributed by atoms with Gasteiger partial charge in [0.05, 0.1) is 6.10 Å². The van der Waals surface area contributed by atoms with Crippen LogP contribution in [0.1, 0.15) is 16.9 Å². The largest absolute Gasteiger partial charge is 0.480 e. The van der Waals surface area contributed by atoms with Gasteiger partial charge in [-0.1, -0.05) is 5.16 Å². The Hall–Kier alpha value is -1.89. The van der Waals surface area contributed by atoms with E-state index < -0.39 is 24.0 Å². The van der Waals surface area contributed by atoms with Crippen LogP contribution in [-0.4, -0.2) is 50.8 Å². The molecule has 0 radical (unpaired) electrons. The molecule has 0 spiro atoms. The Kier molecular flexibility index (Phi) is 2.61. The highest BCUT2D eigenvalue weighted by Gasteiger charge is 2.39. The van der Waals surface area contributed by atoms with Crippen LogP contribution in [0.15, 0.2) is 16.9 Å². The molecule has 0 aliphatic carbocycles. The number of carbonyl (C=O) groups excluding carboxylic acids is 1. The van der Waals surface area contributed by atoms with E-state index in [0.29, 0.717) is 0 Å². The molecule has 1 aliphatic heterocycles. The van der Waals surface area contributed by atoms with E-state index in [1.807, 2.05) is 0 Å². The van der Waals surface area contributed by atoms with Gasteiger partial charge in [0.25, 0.3) is 5.91 Å². The number of hydrogen-bond acceptors (Lipinski definition) is 5. The molecule has 2 rings (SSSR count). The van der Waals surface area contributed by atoms with Gasteiger partial charge in [-0.25, -0.2) is 4.79 Å². The standard InChI is InChI=1S/C9H10N2O5/c12-5-3-7(9(14)15)11(4-5)8(13)6-1-2-16-10-6/h1-2,5,7,12H,3-4H2,(H,14,15). The lowest BCUT2D eigenvalue weighted by molar-refractivity contribution is -0.141. The summed E-state index contributed by atoms with van der Waals surface area (Å²) in [5, 5.41) is 21.7. The van der Waals surface area contributed by atoms with E-state index in [0.717, 1.165) is 4.90 Å². The summed E-state index contributed by atoms with van der Waals surface area (Å²) in [5.74, 6) is -1.67. The Morgan fingerprint density at radius 1 is 1.56 bits per heavy atom. The van der Waals surface area contributed by atoms with Crippen LogP contribution in [0.3, 0.4) is 0 Å². The van der Waals surface area contributed by atoms with Crippen LogP contribution in [0.25, 0.3) is 0 Å². The maximum atomic E-state index is 11.8. The molecule has 0 bridgehead atoms. The lowest BCUT2D eigenvalue weighted by Crippen LogP contribution is -2.40. The lowest BCUT2D eigenvalue weighted by Gasteiger charge is -2.19. The lowest BCUT2D eigenvalue weighted by atomic mass is 10.2. The van der Waals surface area contributed by atoms with E-state index in [4.69, 9.17) is 5.11 Å². The molecule has 1 aromatic rings. The maximum absolute atomic E-state index is 11.8. The number of hydrogen-bond donors (Lipinski definition) is 2. The number of aliphatic carboxylic acids is 1. The molecule has 1 amide bonds. The van der Waals surface area contributed by atoms with Crippen molar-refractivity contribution in [3.8, 4) is 0 Å². The second-order valence-corrected chi connectivity index (χ2v) is 3.59. The summed E-state index contributed by atoms with van der Waals surface area (Å²) in [6, 6.07) is 0.352. The van der Waals surface area contributed by atoms with Gasteiger partial charge in [0, 0.05) is 19.0 Å². The normalized spacial score (nSPS) is 24.7. The minimum Gasteiger partial charge on any atom is -0.480 e. The van der Waals surface area contributed by atoms with E-state index >= 15 is 0 Å². The van der Waals surface area contributed by atoms with Gasteiger partial charge in [0.2, 0.25) is 0 Å². The summed E-state index contributed by atoms with van der Waals surface area (Å²) in [6.45, 7) is 0.00264. The molecule has 0 aromatic carbocycles. The zero-order valence-electron chi connectivity index (χ0n) is 8.24. The van der Waals surface area contributed by atoms with Gasteiger partial charge in [-0.05, 0) is 0 Å². The predicted molar refractivity (Wildman–Crippen MR) is 49.6 cm³/mol. The molecule has 2 heterocycles. The number of amides is 1. The summed E-state index contributed by atoms with van der Waals surface area (Å²) in [5.41, 5.74) is 0.0420. The molecule has 1 aromatic heterocycles. The maximum Gasteiger partial charge on any atom is 0.326 e. The fourth-order valence-electron chi connectivity index (χ4n) is 1.74. The zero-order valence-corrected chi connectivity index (χ0v) is 8.24. The molecule has 16 heavy (non-hydrogen) atoms. The Labute approximate surface area is 90.3 Å². The number of carbonyl (C=O) groups is 2. The fraction of sp³-hybridized carbons (Fsp3) is 0.444. The van der Waals surface area contributed by atoms with E-state index in [1.165, 1.54) is 12.3 Å². The van der Waals surface area contributed by atoms with Crippen LogP contribution in [0.5, 0.6) is 0 Å². The SMILES string of the molecule is O=C(O)C1CC(O)CN1C(=O)c1ccon1. The first-order valence-corrected chi connectivity index (χ1v) is 4.72. The third kappa shape index (κ3) is 1.76. The number of carboxylic acid groups (broad SMARTS) is 1. The predicted octanol–water partition coefficient (Wildman–Crippen LogP) is -0.665. The highest BCUT2D eigenvalue weighted by Crippen LogP contribution is 2.20. The van der Waals surface area contributed by atoms with E-state index in [9.17, 15) is 14.7 Å². The first-order chi connectivity index (χ1) is 7.59. The van der Waals surface area contributed by atoms with Gasteiger partial charge >= 0.3 is 5.97 Å². The van der Waals surface area contributed by atoms with Crippen molar-refractivity contribution in [1.29, 1.82) is 0 Å². The first kappa shape index (κ1) is 10.6. The topological polar surface area (TPSA) is 104 Å². The number of carboxylic acids is 1. The Balaban J connectivity index is 2.20. The summed E-state index contributed by atoms with van der Waals surface area (Å²) in [6.07, 6.45) is 0.464. The summed E-state index contributed by atoms with van der Waals surface area (Å²) in [7, 11) is 0. The molecular formula is C9H10N2O5. The van der Waals surface area contributed by atoms with Crippen molar-refractivity contribution < 1.29 is 24.3 Å². The number of β-amino-alcohol motifs (C(OH)–C–C–N with tert-alkyl or cyclic N) is 1. The molecular weight excluding hydrogens is 216 g/mol. The molecule has 2 unspecified atom stereocenters. The third-order valence-corrected chi connectivity index (χ3v) is 2.48. The van der Waals surface area contributed by atoms with Crippen molar-refractivity contribution in [1.82, 2.24) is 10.1 Å². The van der Waals surface area contributed by atoms with E-state index in [2.05, 4.69) is 9.68 Å². The number of aliphatic hydroxyl groups excluding tert-OH is 1. The quantitative estimate of drug-likeness (QED) is 0.693.